The van der Waals surface area contributed by atoms with Crippen LogP contribution in [0.4, 0.5) is 4.79 Å². The van der Waals surface area contributed by atoms with Gasteiger partial charge in [0.2, 0.25) is 0 Å². The molecule has 0 saturated carbocycles. The highest BCUT2D eigenvalue weighted by Crippen LogP contribution is 2.29. The zero-order valence-corrected chi connectivity index (χ0v) is 22.9. The third-order valence-electron chi connectivity index (χ3n) is 5.30. The summed E-state index contributed by atoms with van der Waals surface area (Å²) in [5, 5.41) is 18.7. The van der Waals surface area contributed by atoms with E-state index >= 15 is 0 Å². The van der Waals surface area contributed by atoms with E-state index in [0.717, 1.165) is 6.26 Å². The Hall–Kier alpha value is -4.73. The number of nitrogens with zero attached hydrogens (tertiary/aromatic N) is 2. The number of benzene rings is 2. The fourth-order valence-corrected chi connectivity index (χ4v) is 4.13. The lowest BCUT2D eigenvalue weighted by atomic mass is 9.95. The molecule has 1 unspecified atom stereocenters. The highest BCUT2D eigenvalue weighted by atomic mass is 32.2. The molecule has 16 heteroatoms. The average Bonchev–Trinajstić information content (AvgIpc) is 2.91. The molecule has 0 aliphatic rings. The van der Waals surface area contributed by atoms with E-state index in [1.165, 1.54) is 24.3 Å². The van der Waals surface area contributed by atoms with Crippen LogP contribution >= 0.6 is 0 Å². The van der Waals surface area contributed by atoms with Gasteiger partial charge in [-0.1, -0.05) is 42.5 Å². The van der Waals surface area contributed by atoms with Crippen molar-refractivity contribution < 1.29 is 52.1 Å². The van der Waals surface area contributed by atoms with Crippen LogP contribution in [0.3, 0.4) is 0 Å². The predicted octanol–water partition coefficient (Wildman–Crippen LogP) is 3.28. The van der Waals surface area contributed by atoms with E-state index in [1.54, 1.807) is 37.3 Å². The van der Waals surface area contributed by atoms with Gasteiger partial charge >= 0.3 is 12.1 Å². The van der Waals surface area contributed by atoms with Crippen LogP contribution < -0.4 is 0 Å². The summed E-state index contributed by atoms with van der Waals surface area (Å²) in [5.41, 5.74) is 1.13. The van der Waals surface area contributed by atoms with Gasteiger partial charge in [0.05, 0.1) is 23.7 Å². The molecule has 222 valence electrons. The SMILES string of the molecule is CCOC(=O)/C(=C(\COC(=O)OCCCC(CO[N+](=O)[O-])O[N+](=O)[O-])c1ccc(S(C)(=O)=O)cc1)c1ccccc1. The summed E-state index contributed by atoms with van der Waals surface area (Å²) in [7, 11) is -3.50. The van der Waals surface area contributed by atoms with E-state index in [-0.39, 0.29) is 42.1 Å². The minimum atomic E-state index is -3.50. The lowest BCUT2D eigenvalue weighted by Crippen LogP contribution is -2.25. The molecule has 0 spiro atoms. The number of carbonyl (C=O) groups is 2. The number of esters is 1. The van der Waals surface area contributed by atoms with Crippen LogP contribution in [0.15, 0.2) is 59.5 Å². The maximum Gasteiger partial charge on any atom is 0.508 e. The molecule has 15 nitrogen and oxygen atoms in total. The zero-order chi connectivity index (χ0) is 30.4. The highest BCUT2D eigenvalue weighted by Gasteiger charge is 2.23. The Balaban J connectivity index is 2.23. The van der Waals surface area contributed by atoms with E-state index in [4.69, 9.17) is 14.2 Å². The number of hydrogen-bond acceptors (Lipinski definition) is 13. The highest BCUT2D eigenvalue weighted by molar-refractivity contribution is 7.90. The molecule has 0 radical (unpaired) electrons. The van der Waals surface area contributed by atoms with E-state index in [0.29, 0.717) is 11.1 Å². The van der Waals surface area contributed by atoms with Crippen LogP contribution in [-0.4, -0.2) is 69.5 Å². The van der Waals surface area contributed by atoms with E-state index in [9.17, 15) is 38.2 Å². The Kier molecular flexibility index (Phi) is 12.5. The summed E-state index contributed by atoms with van der Waals surface area (Å²) in [6, 6.07) is 14.1. The molecule has 2 aromatic carbocycles. The second-order valence-corrected chi connectivity index (χ2v) is 10.3. The Bertz CT molecular complexity index is 1340. The standard InChI is InChI=1S/C25H28N2O13S/c1-3-36-24(28)23(19-8-5-4-6-9-19)22(18-11-13-21(14-12-18)41(2,34)35)17-38-25(29)37-15-7-10-20(40-27(32)33)16-39-26(30)31/h4-6,8-9,11-14,20H,3,7,10,15-17H2,1-2H3/b23-22+. The summed E-state index contributed by atoms with van der Waals surface area (Å²) in [5.74, 6) is -0.702. The van der Waals surface area contributed by atoms with Gasteiger partial charge in [0.25, 0.3) is 10.2 Å². The maximum atomic E-state index is 13.0. The number of ether oxygens (including phenoxy) is 3. The first-order valence-electron chi connectivity index (χ1n) is 12.1. The van der Waals surface area contributed by atoms with Crippen LogP contribution in [0.2, 0.25) is 0 Å². The lowest BCUT2D eigenvalue weighted by Gasteiger charge is -2.16. The maximum absolute atomic E-state index is 13.0. The van der Waals surface area contributed by atoms with Crippen molar-refractivity contribution in [3.63, 3.8) is 0 Å². The van der Waals surface area contributed by atoms with Gasteiger partial charge in [-0.15, -0.1) is 20.2 Å². The molecule has 2 aromatic rings. The van der Waals surface area contributed by atoms with Gasteiger partial charge in [0, 0.05) is 11.8 Å². The second kappa shape index (κ2) is 15.8. The predicted molar refractivity (Wildman–Crippen MR) is 141 cm³/mol. The zero-order valence-electron chi connectivity index (χ0n) is 22.1. The third-order valence-corrected chi connectivity index (χ3v) is 6.43. The Morgan fingerprint density at radius 3 is 2.12 bits per heavy atom. The van der Waals surface area contributed by atoms with Gasteiger partial charge in [-0.3, -0.25) is 0 Å². The summed E-state index contributed by atoms with van der Waals surface area (Å²) in [6.07, 6.45) is -1.45. The van der Waals surface area contributed by atoms with Crippen molar-refractivity contribution in [2.24, 2.45) is 0 Å². The van der Waals surface area contributed by atoms with Gasteiger partial charge < -0.3 is 23.9 Å². The fraction of sp³-hybridized carbons (Fsp3) is 0.360. The molecule has 0 aliphatic carbocycles. The van der Waals surface area contributed by atoms with Crippen LogP contribution in [0.25, 0.3) is 11.1 Å². The monoisotopic (exact) mass is 596 g/mol. The number of hydrogen-bond donors (Lipinski definition) is 0. The van der Waals surface area contributed by atoms with Gasteiger partial charge in [-0.25, -0.2) is 18.0 Å². The number of rotatable bonds is 16. The van der Waals surface area contributed by atoms with E-state index < -0.39 is 51.5 Å². The molecule has 0 bridgehead atoms. The van der Waals surface area contributed by atoms with Crippen molar-refractivity contribution in [2.75, 3.05) is 32.7 Å². The molecule has 0 N–H and O–H groups in total. The summed E-state index contributed by atoms with van der Waals surface area (Å²) in [4.78, 5) is 54.7. The van der Waals surface area contributed by atoms with Crippen molar-refractivity contribution in [3.8, 4) is 0 Å². The van der Waals surface area contributed by atoms with Crippen LogP contribution in [0.1, 0.15) is 30.9 Å². The minimum absolute atomic E-state index is 0.0163. The van der Waals surface area contributed by atoms with Crippen LogP contribution in [0, 0.1) is 20.2 Å². The van der Waals surface area contributed by atoms with E-state index in [2.05, 4.69) is 9.68 Å². The van der Waals surface area contributed by atoms with Crippen LogP contribution in [0.5, 0.6) is 0 Å². The first-order chi connectivity index (χ1) is 19.4. The molecule has 1 atom stereocenters. The quantitative estimate of drug-likeness (QED) is 0.0683. The third kappa shape index (κ3) is 11.1. The summed E-state index contributed by atoms with van der Waals surface area (Å²) >= 11 is 0. The van der Waals surface area contributed by atoms with Crippen molar-refractivity contribution in [1.29, 1.82) is 0 Å². The smallest absolute Gasteiger partial charge is 0.462 e. The summed E-state index contributed by atoms with van der Waals surface area (Å²) in [6.45, 7) is 0.247. The molecule has 41 heavy (non-hydrogen) atoms. The van der Waals surface area contributed by atoms with Crippen molar-refractivity contribution in [1.82, 2.24) is 0 Å². The molecule has 0 heterocycles. The largest absolute Gasteiger partial charge is 0.508 e. The lowest BCUT2D eigenvalue weighted by molar-refractivity contribution is -0.790. The summed E-state index contributed by atoms with van der Waals surface area (Å²) < 4.78 is 39.3. The van der Waals surface area contributed by atoms with Crippen molar-refractivity contribution >= 4 is 33.1 Å². The molecule has 0 saturated heterocycles. The van der Waals surface area contributed by atoms with Gasteiger partial charge in [0.15, 0.2) is 9.84 Å². The Morgan fingerprint density at radius 1 is 0.902 bits per heavy atom. The van der Waals surface area contributed by atoms with Gasteiger partial charge in [0.1, 0.15) is 19.3 Å². The molecular weight excluding hydrogens is 568 g/mol. The number of sulfone groups is 1. The fourth-order valence-electron chi connectivity index (χ4n) is 3.50. The molecule has 0 amide bonds. The second-order valence-electron chi connectivity index (χ2n) is 8.24. The van der Waals surface area contributed by atoms with Gasteiger partial charge in [-0.05, 0) is 43.0 Å². The minimum Gasteiger partial charge on any atom is -0.462 e. The molecule has 0 fully saturated rings. The Morgan fingerprint density at radius 2 is 1.56 bits per heavy atom. The first-order valence-corrected chi connectivity index (χ1v) is 14.0. The van der Waals surface area contributed by atoms with Crippen LogP contribution in [-0.2, 0) is 38.5 Å². The molecule has 0 aliphatic heterocycles. The first kappa shape index (κ1) is 32.5. The van der Waals surface area contributed by atoms with Crippen molar-refractivity contribution in [2.45, 2.75) is 30.8 Å². The molecule has 2 rings (SSSR count). The topological polar surface area (TPSA) is 201 Å². The molecule has 0 aromatic heterocycles. The van der Waals surface area contributed by atoms with Gasteiger partial charge in [-0.2, -0.15) is 0 Å². The molecular formula is C25H28N2O13S. The number of carbonyl (C=O) groups excluding carboxylic acids is 2. The van der Waals surface area contributed by atoms with E-state index in [1.807, 2.05) is 0 Å². The normalized spacial score (nSPS) is 12.3. The Labute approximate surface area is 234 Å². The average molecular weight is 597 g/mol. The van der Waals surface area contributed by atoms with Crippen molar-refractivity contribution in [3.05, 3.63) is 86.0 Å².